The van der Waals surface area contributed by atoms with Crippen molar-refractivity contribution in [3.05, 3.63) is 29.5 Å². The Hall–Kier alpha value is -2.32. The molecule has 26 heavy (non-hydrogen) atoms. The molecule has 0 radical (unpaired) electrons. The fourth-order valence-electron chi connectivity index (χ4n) is 2.28. The Bertz CT molecular complexity index is 763. The van der Waals surface area contributed by atoms with E-state index in [1.54, 1.807) is 37.8 Å². The number of nitrogens with zero attached hydrogens (tertiary/aromatic N) is 5. The van der Waals surface area contributed by atoms with Gasteiger partial charge >= 0.3 is 5.97 Å². The number of hydrogen-bond donors (Lipinski definition) is 1. The number of hydrogen-bond acceptors (Lipinski definition) is 9. The number of carbonyl (C=O) groups excluding carboxylic acids is 1. The van der Waals surface area contributed by atoms with Crippen LogP contribution in [0.1, 0.15) is 30.9 Å². The lowest BCUT2D eigenvalue weighted by Gasteiger charge is -2.13. The second-order valence-corrected chi connectivity index (χ2v) is 7.12. The highest BCUT2D eigenvalue weighted by molar-refractivity contribution is 7.41. The van der Waals surface area contributed by atoms with E-state index in [0.717, 1.165) is 0 Å². The van der Waals surface area contributed by atoms with Gasteiger partial charge in [-0.15, -0.1) is 5.10 Å². The first-order valence-electron chi connectivity index (χ1n) is 8.24. The Labute approximate surface area is 152 Å². The highest BCUT2D eigenvalue weighted by atomic mass is 31.1. The van der Waals surface area contributed by atoms with Gasteiger partial charge in [-0.25, -0.2) is 14.6 Å². The van der Waals surface area contributed by atoms with Gasteiger partial charge in [0.1, 0.15) is 17.3 Å². The maximum atomic E-state index is 12.2. The summed E-state index contributed by atoms with van der Waals surface area (Å²) in [6, 6.07) is 0. The van der Waals surface area contributed by atoms with Gasteiger partial charge in [-0.1, -0.05) is 5.21 Å². The minimum atomic E-state index is -2.60. The molecule has 0 saturated heterocycles. The van der Waals surface area contributed by atoms with E-state index in [4.69, 9.17) is 15.0 Å². The second kappa shape index (κ2) is 9.40. The summed E-state index contributed by atoms with van der Waals surface area (Å²) in [6.45, 7) is 5.96. The van der Waals surface area contributed by atoms with Gasteiger partial charge in [-0.05, 0) is 20.8 Å². The molecule has 0 aromatic carbocycles. The predicted molar refractivity (Wildman–Crippen MR) is 95.1 cm³/mol. The average molecular weight is 382 g/mol. The molecule has 142 valence electrons. The molecule has 0 bridgehead atoms. The summed E-state index contributed by atoms with van der Waals surface area (Å²) in [5, 5.41) is 8.04. The predicted octanol–water partition coefficient (Wildman–Crippen LogP) is 0.992. The van der Waals surface area contributed by atoms with Gasteiger partial charge in [-0.3, -0.25) is 9.36 Å². The lowest BCUT2D eigenvalue weighted by molar-refractivity contribution is -0.142. The summed E-state index contributed by atoms with van der Waals surface area (Å²) in [5.41, 5.74) is 6.20. The highest BCUT2D eigenvalue weighted by Crippen LogP contribution is 2.32. The number of aromatic nitrogens is 5. The third-order valence-electron chi connectivity index (χ3n) is 3.49. The smallest absolute Gasteiger partial charge is 0.318 e. The van der Waals surface area contributed by atoms with Crippen molar-refractivity contribution in [2.75, 3.05) is 18.9 Å². The quantitative estimate of drug-likeness (QED) is 0.497. The van der Waals surface area contributed by atoms with Crippen molar-refractivity contribution in [2.45, 2.75) is 39.4 Å². The fourth-order valence-corrected chi connectivity index (χ4v) is 3.41. The molecule has 0 aliphatic carbocycles. The van der Waals surface area contributed by atoms with Crippen LogP contribution in [0.3, 0.4) is 0 Å². The molecule has 2 heterocycles. The summed E-state index contributed by atoms with van der Waals surface area (Å²) in [5.74, 6) is 0.403. The van der Waals surface area contributed by atoms with E-state index in [1.807, 2.05) is 0 Å². The fraction of sp³-hybridized carbons (Fsp3) is 0.533. The standard InChI is InChI=1S/C15H23N6O4P/c1-4-24-15(22)13(26(23)25-5-2)6-12-9-21(20-19-12)8-11-7-17-10(3)18-14(11)16/h7,9,13,26H,4-6,8H2,1-3H3,(H2,16,17,18). The van der Waals surface area contributed by atoms with E-state index in [9.17, 15) is 9.36 Å². The van der Waals surface area contributed by atoms with Crippen LogP contribution in [0.5, 0.6) is 0 Å². The minimum absolute atomic E-state index is 0.122. The van der Waals surface area contributed by atoms with Gasteiger partial charge in [0.2, 0.25) is 8.03 Å². The van der Waals surface area contributed by atoms with Crippen molar-refractivity contribution in [3.8, 4) is 0 Å². The molecule has 0 fully saturated rings. The largest absolute Gasteiger partial charge is 0.465 e. The van der Waals surface area contributed by atoms with Crippen LogP contribution >= 0.6 is 8.03 Å². The molecule has 2 atom stereocenters. The second-order valence-electron chi connectivity index (χ2n) is 5.50. The monoisotopic (exact) mass is 382 g/mol. The van der Waals surface area contributed by atoms with E-state index in [0.29, 0.717) is 29.4 Å². The number of ether oxygens (including phenoxy) is 1. The first kappa shape index (κ1) is 20.0. The van der Waals surface area contributed by atoms with Gasteiger partial charge in [0.15, 0.2) is 0 Å². The van der Waals surface area contributed by atoms with Gasteiger partial charge in [0.25, 0.3) is 0 Å². The van der Waals surface area contributed by atoms with Crippen LogP contribution in [0.25, 0.3) is 0 Å². The molecule has 0 aliphatic heterocycles. The zero-order chi connectivity index (χ0) is 19.1. The van der Waals surface area contributed by atoms with Crippen LogP contribution in [0.15, 0.2) is 12.4 Å². The van der Waals surface area contributed by atoms with Crippen LogP contribution in [0.2, 0.25) is 0 Å². The molecule has 0 aliphatic rings. The van der Waals surface area contributed by atoms with E-state index < -0.39 is 19.7 Å². The molecule has 10 nitrogen and oxygen atoms in total. The summed E-state index contributed by atoms with van der Waals surface area (Å²) < 4.78 is 23.9. The van der Waals surface area contributed by atoms with Gasteiger partial charge in [0, 0.05) is 24.4 Å². The Morgan fingerprint density at radius 3 is 2.81 bits per heavy atom. The van der Waals surface area contributed by atoms with Gasteiger partial charge in [-0.2, -0.15) is 0 Å². The first-order chi connectivity index (χ1) is 12.4. The molecule has 2 unspecified atom stereocenters. The van der Waals surface area contributed by atoms with E-state index in [1.165, 1.54) is 0 Å². The Morgan fingerprint density at radius 2 is 2.15 bits per heavy atom. The van der Waals surface area contributed by atoms with Crippen LogP contribution in [-0.4, -0.2) is 49.8 Å². The summed E-state index contributed by atoms with van der Waals surface area (Å²) in [7, 11) is -2.60. The molecule has 11 heteroatoms. The summed E-state index contributed by atoms with van der Waals surface area (Å²) in [4.78, 5) is 20.3. The first-order valence-corrected chi connectivity index (χ1v) is 9.64. The van der Waals surface area contributed by atoms with Crippen molar-refractivity contribution < 1.29 is 18.6 Å². The number of esters is 1. The van der Waals surface area contributed by atoms with Crippen LogP contribution in [-0.2, 0) is 31.6 Å². The molecular formula is C15H23N6O4P. The van der Waals surface area contributed by atoms with Crippen LogP contribution in [0.4, 0.5) is 5.82 Å². The lowest BCUT2D eigenvalue weighted by atomic mass is 10.2. The minimum Gasteiger partial charge on any atom is -0.465 e. The number of aryl methyl sites for hydroxylation is 1. The average Bonchev–Trinajstić information content (AvgIpc) is 3.03. The topological polar surface area (TPSA) is 135 Å². The molecular weight excluding hydrogens is 359 g/mol. The van der Waals surface area contributed by atoms with Crippen molar-refractivity contribution in [1.82, 2.24) is 25.0 Å². The van der Waals surface area contributed by atoms with Crippen molar-refractivity contribution in [3.63, 3.8) is 0 Å². The van der Waals surface area contributed by atoms with Gasteiger partial charge < -0.3 is 15.0 Å². The molecule has 2 aromatic rings. The molecule has 2 aromatic heterocycles. The number of rotatable bonds is 9. The zero-order valence-electron chi connectivity index (χ0n) is 15.0. The van der Waals surface area contributed by atoms with Crippen molar-refractivity contribution >= 4 is 19.8 Å². The van der Waals surface area contributed by atoms with Crippen LogP contribution < -0.4 is 5.73 Å². The zero-order valence-corrected chi connectivity index (χ0v) is 16.0. The SMILES string of the molecule is CCOC(=O)C(Cc1cn(Cc2cnc(C)nc2N)nn1)[PH](=O)OCC. The van der Waals surface area contributed by atoms with Crippen molar-refractivity contribution in [2.24, 2.45) is 0 Å². The number of anilines is 1. The normalized spacial score (nSPS) is 13.3. The Morgan fingerprint density at radius 1 is 1.38 bits per heavy atom. The molecule has 0 saturated carbocycles. The molecule has 0 amide bonds. The van der Waals surface area contributed by atoms with E-state index >= 15 is 0 Å². The molecule has 2 rings (SSSR count). The number of carbonyl (C=O) groups is 1. The number of nitrogens with two attached hydrogens (primary N) is 1. The summed E-state index contributed by atoms with van der Waals surface area (Å²) in [6.07, 6.45) is 3.41. The van der Waals surface area contributed by atoms with Crippen LogP contribution in [0, 0.1) is 6.92 Å². The molecule has 0 spiro atoms. The Kier molecular flexibility index (Phi) is 7.23. The maximum absolute atomic E-state index is 12.2. The highest BCUT2D eigenvalue weighted by Gasteiger charge is 2.28. The summed E-state index contributed by atoms with van der Waals surface area (Å²) >= 11 is 0. The maximum Gasteiger partial charge on any atom is 0.318 e. The van der Waals surface area contributed by atoms with Crippen molar-refractivity contribution in [1.29, 1.82) is 0 Å². The molecule has 2 N–H and O–H groups in total. The lowest BCUT2D eigenvalue weighted by Crippen LogP contribution is -2.23. The van der Waals surface area contributed by atoms with E-state index in [2.05, 4.69) is 20.3 Å². The van der Waals surface area contributed by atoms with Gasteiger partial charge in [0.05, 0.1) is 25.5 Å². The van der Waals surface area contributed by atoms with E-state index in [-0.39, 0.29) is 19.6 Å². The third kappa shape index (κ3) is 5.34. The third-order valence-corrected chi connectivity index (χ3v) is 5.07. The Balaban J connectivity index is 2.11. The number of nitrogen functional groups attached to an aromatic ring is 1.